The first kappa shape index (κ1) is 8.18. The van der Waals surface area contributed by atoms with Crippen LogP contribution >= 0.6 is 0 Å². The van der Waals surface area contributed by atoms with Gasteiger partial charge in [0.15, 0.2) is 0 Å². The summed E-state index contributed by atoms with van der Waals surface area (Å²) in [6.45, 7) is 5.19. The molecule has 0 spiro atoms. The van der Waals surface area contributed by atoms with Crippen molar-refractivity contribution >= 4 is 9.52 Å². The van der Waals surface area contributed by atoms with Crippen molar-refractivity contribution in [2.24, 2.45) is 0 Å². The molecular formula is C6H16OSi. The van der Waals surface area contributed by atoms with Crippen molar-refractivity contribution in [1.29, 1.82) is 0 Å². The fourth-order valence-corrected chi connectivity index (χ4v) is 1.80. The Labute approximate surface area is 54.3 Å². The van der Waals surface area contributed by atoms with E-state index in [0.717, 1.165) is 12.8 Å². The molecule has 0 aliphatic rings. The van der Waals surface area contributed by atoms with Crippen molar-refractivity contribution in [3.05, 3.63) is 0 Å². The van der Waals surface area contributed by atoms with Gasteiger partial charge in [0, 0.05) is 12.8 Å². The molecule has 0 aromatic rings. The van der Waals surface area contributed by atoms with Gasteiger partial charge in [0.25, 0.3) is 0 Å². The van der Waals surface area contributed by atoms with Crippen LogP contribution < -0.4 is 0 Å². The SMILES string of the molecule is CCC[SiH2]COCC. The van der Waals surface area contributed by atoms with E-state index in [1.54, 1.807) is 0 Å². The van der Waals surface area contributed by atoms with Gasteiger partial charge in [-0.1, -0.05) is 19.4 Å². The van der Waals surface area contributed by atoms with Crippen LogP contribution in [0.2, 0.25) is 6.04 Å². The molecule has 0 aromatic carbocycles. The quantitative estimate of drug-likeness (QED) is 0.400. The zero-order valence-corrected chi connectivity index (χ0v) is 7.36. The van der Waals surface area contributed by atoms with Gasteiger partial charge in [0.2, 0.25) is 0 Å². The molecule has 0 heterocycles. The first-order valence-corrected chi connectivity index (χ1v) is 5.49. The molecule has 50 valence electrons. The van der Waals surface area contributed by atoms with Crippen LogP contribution in [0.1, 0.15) is 20.3 Å². The molecule has 0 aliphatic carbocycles. The van der Waals surface area contributed by atoms with Gasteiger partial charge in [-0.3, -0.25) is 0 Å². The summed E-state index contributed by atoms with van der Waals surface area (Å²) in [5, 5.41) is 0. The normalized spacial score (nSPS) is 11.2. The molecule has 0 N–H and O–H groups in total. The van der Waals surface area contributed by atoms with E-state index in [-0.39, 0.29) is 9.52 Å². The minimum Gasteiger partial charge on any atom is -0.386 e. The second-order valence-corrected chi connectivity index (χ2v) is 3.73. The largest absolute Gasteiger partial charge is 0.386 e. The van der Waals surface area contributed by atoms with Gasteiger partial charge in [0.05, 0.1) is 9.52 Å². The summed E-state index contributed by atoms with van der Waals surface area (Å²) in [5.74, 6) is 0. The zero-order valence-electron chi connectivity index (χ0n) is 5.94. The Bertz CT molecular complexity index is 33.5. The highest BCUT2D eigenvalue weighted by molar-refractivity contribution is 6.35. The molecule has 0 unspecified atom stereocenters. The second kappa shape index (κ2) is 7.18. The minimum atomic E-state index is 0.178. The van der Waals surface area contributed by atoms with Crippen LogP contribution in [0.3, 0.4) is 0 Å². The third-order valence-electron chi connectivity index (χ3n) is 1.10. The Morgan fingerprint density at radius 2 is 2.12 bits per heavy atom. The zero-order chi connectivity index (χ0) is 6.24. The lowest BCUT2D eigenvalue weighted by Gasteiger charge is -1.96. The van der Waals surface area contributed by atoms with Crippen molar-refractivity contribution in [2.75, 3.05) is 12.8 Å². The van der Waals surface area contributed by atoms with E-state index in [1.165, 1.54) is 12.5 Å². The maximum atomic E-state index is 5.20. The van der Waals surface area contributed by atoms with Crippen molar-refractivity contribution in [2.45, 2.75) is 26.3 Å². The topological polar surface area (TPSA) is 9.23 Å². The van der Waals surface area contributed by atoms with Gasteiger partial charge in [-0.05, 0) is 6.92 Å². The average Bonchev–Trinajstić information content (AvgIpc) is 1.81. The van der Waals surface area contributed by atoms with Crippen molar-refractivity contribution in [3.8, 4) is 0 Å². The molecule has 0 radical (unpaired) electrons. The summed E-state index contributed by atoms with van der Waals surface area (Å²) in [6.07, 6.45) is 2.43. The summed E-state index contributed by atoms with van der Waals surface area (Å²) in [7, 11) is 0.178. The monoisotopic (exact) mass is 132 g/mol. The average molecular weight is 132 g/mol. The van der Waals surface area contributed by atoms with Crippen LogP contribution in [-0.4, -0.2) is 22.4 Å². The Morgan fingerprint density at radius 1 is 1.38 bits per heavy atom. The molecular weight excluding hydrogens is 116 g/mol. The molecule has 1 nitrogen and oxygen atoms in total. The second-order valence-electron chi connectivity index (χ2n) is 1.90. The Hall–Kier alpha value is 0.177. The van der Waals surface area contributed by atoms with Gasteiger partial charge >= 0.3 is 0 Å². The van der Waals surface area contributed by atoms with Gasteiger partial charge in [-0.15, -0.1) is 0 Å². The van der Waals surface area contributed by atoms with E-state index in [9.17, 15) is 0 Å². The van der Waals surface area contributed by atoms with Crippen molar-refractivity contribution < 1.29 is 4.74 Å². The lowest BCUT2D eigenvalue weighted by atomic mass is 10.6. The fourth-order valence-electron chi connectivity index (χ4n) is 0.598. The fraction of sp³-hybridized carbons (Fsp3) is 1.00. The summed E-state index contributed by atoms with van der Waals surface area (Å²) in [6, 6.07) is 1.44. The predicted molar refractivity (Wildman–Crippen MR) is 40.1 cm³/mol. The first-order chi connectivity index (χ1) is 3.91. The lowest BCUT2D eigenvalue weighted by Crippen LogP contribution is -2.01. The smallest absolute Gasteiger partial charge is 0.0516 e. The van der Waals surface area contributed by atoms with Crippen LogP contribution in [-0.2, 0) is 4.74 Å². The van der Waals surface area contributed by atoms with Crippen LogP contribution in [0.25, 0.3) is 0 Å². The van der Waals surface area contributed by atoms with E-state index < -0.39 is 0 Å². The highest BCUT2D eigenvalue weighted by Crippen LogP contribution is 1.84. The lowest BCUT2D eigenvalue weighted by molar-refractivity contribution is 0.192. The van der Waals surface area contributed by atoms with Crippen LogP contribution in [0.5, 0.6) is 0 Å². The third kappa shape index (κ3) is 6.18. The molecule has 8 heavy (non-hydrogen) atoms. The molecule has 0 aliphatic heterocycles. The molecule has 0 atom stereocenters. The number of hydrogen-bond donors (Lipinski definition) is 0. The Balaban J connectivity index is 2.53. The number of ether oxygens (including phenoxy) is 1. The van der Waals surface area contributed by atoms with E-state index in [4.69, 9.17) is 4.74 Å². The summed E-state index contributed by atoms with van der Waals surface area (Å²) in [4.78, 5) is 0. The Morgan fingerprint density at radius 3 is 2.62 bits per heavy atom. The van der Waals surface area contributed by atoms with Gasteiger partial charge in [-0.25, -0.2) is 0 Å². The maximum Gasteiger partial charge on any atom is 0.0516 e. The van der Waals surface area contributed by atoms with Crippen LogP contribution in [0.15, 0.2) is 0 Å². The first-order valence-electron chi connectivity index (χ1n) is 3.49. The maximum absolute atomic E-state index is 5.20. The molecule has 0 aromatic heterocycles. The summed E-state index contributed by atoms with van der Waals surface area (Å²) >= 11 is 0. The number of rotatable bonds is 5. The predicted octanol–water partition coefficient (Wildman–Crippen LogP) is 0.978. The molecule has 0 amide bonds. The van der Waals surface area contributed by atoms with Crippen molar-refractivity contribution in [1.82, 2.24) is 0 Å². The molecule has 0 saturated carbocycles. The highest BCUT2D eigenvalue weighted by Gasteiger charge is 1.83. The standard InChI is InChI=1S/C6H16OSi/c1-3-5-8-6-7-4-2/h3-6,8H2,1-2H3. The summed E-state index contributed by atoms with van der Waals surface area (Å²) < 4.78 is 5.20. The minimum absolute atomic E-state index is 0.178. The van der Waals surface area contributed by atoms with E-state index >= 15 is 0 Å². The van der Waals surface area contributed by atoms with E-state index in [0.29, 0.717) is 0 Å². The van der Waals surface area contributed by atoms with Gasteiger partial charge in [0.1, 0.15) is 0 Å². The summed E-state index contributed by atoms with van der Waals surface area (Å²) in [5.41, 5.74) is 0. The van der Waals surface area contributed by atoms with Crippen molar-refractivity contribution in [3.63, 3.8) is 0 Å². The van der Waals surface area contributed by atoms with Gasteiger partial charge < -0.3 is 4.74 Å². The van der Waals surface area contributed by atoms with Gasteiger partial charge in [-0.2, -0.15) is 0 Å². The molecule has 0 bridgehead atoms. The Kier molecular flexibility index (Phi) is 7.34. The third-order valence-corrected chi connectivity index (χ3v) is 2.88. The van der Waals surface area contributed by atoms with Crippen LogP contribution in [0.4, 0.5) is 0 Å². The van der Waals surface area contributed by atoms with E-state index in [1.807, 2.05) is 0 Å². The van der Waals surface area contributed by atoms with Crippen LogP contribution in [0, 0.1) is 0 Å². The molecule has 0 saturated heterocycles. The molecule has 0 fully saturated rings. The molecule has 0 rings (SSSR count). The van der Waals surface area contributed by atoms with E-state index in [2.05, 4.69) is 13.8 Å². The molecule has 2 heteroatoms. The number of hydrogen-bond acceptors (Lipinski definition) is 1. The highest BCUT2D eigenvalue weighted by atomic mass is 28.2.